The van der Waals surface area contributed by atoms with Crippen LogP contribution in [-0.2, 0) is 14.6 Å². The van der Waals surface area contributed by atoms with Crippen LogP contribution in [0.1, 0.15) is 12.8 Å². The van der Waals surface area contributed by atoms with E-state index in [2.05, 4.69) is 0 Å². The topological polar surface area (TPSA) is 63.7 Å². The molecule has 1 aliphatic heterocycles. The first-order chi connectivity index (χ1) is 10.9. The Morgan fingerprint density at radius 3 is 2.91 bits per heavy atom. The predicted molar refractivity (Wildman–Crippen MR) is 92.7 cm³/mol. The van der Waals surface area contributed by atoms with Crippen molar-refractivity contribution in [2.75, 3.05) is 38.0 Å². The fourth-order valence-corrected chi connectivity index (χ4v) is 4.76. The van der Waals surface area contributed by atoms with Gasteiger partial charge in [-0.25, -0.2) is 8.42 Å². The molecule has 2 rings (SSSR count). The van der Waals surface area contributed by atoms with E-state index in [1.54, 1.807) is 12.0 Å². The van der Waals surface area contributed by atoms with Crippen LogP contribution in [0.25, 0.3) is 0 Å². The van der Waals surface area contributed by atoms with E-state index in [4.69, 9.17) is 4.74 Å². The molecule has 0 aromatic heterocycles. The number of hydrogen-bond acceptors (Lipinski definition) is 5. The molecule has 0 N–H and O–H groups in total. The zero-order valence-corrected chi connectivity index (χ0v) is 15.2. The van der Waals surface area contributed by atoms with E-state index in [1.165, 1.54) is 18.0 Å². The number of methoxy groups -OCH3 is 1. The molecule has 1 aliphatic rings. The third-order valence-corrected chi connectivity index (χ3v) is 5.87. The number of carbonyl (C=O) groups excluding carboxylic acids is 1. The number of sulfone groups is 1. The summed E-state index contributed by atoms with van der Waals surface area (Å²) >= 11 is 1.48. The lowest BCUT2D eigenvalue weighted by atomic mass is 10.0. The zero-order chi connectivity index (χ0) is 16.9. The predicted octanol–water partition coefficient (Wildman–Crippen LogP) is 2.07. The summed E-state index contributed by atoms with van der Waals surface area (Å²) in [4.78, 5) is 15.1. The van der Waals surface area contributed by atoms with Gasteiger partial charge in [0, 0.05) is 24.2 Å². The van der Waals surface area contributed by atoms with Gasteiger partial charge in [0.1, 0.15) is 15.6 Å². The molecule has 0 spiro atoms. The minimum Gasteiger partial charge on any atom is -0.497 e. The molecule has 7 heteroatoms. The Labute approximate surface area is 142 Å². The molecule has 1 saturated heterocycles. The van der Waals surface area contributed by atoms with Gasteiger partial charge in [-0.3, -0.25) is 4.79 Å². The van der Waals surface area contributed by atoms with Crippen molar-refractivity contribution < 1.29 is 17.9 Å². The van der Waals surface area contributed by atoms with E-state index in [-0.39, 0.29) is 17.6 Å². The molecule has 0 saturated carbocycles. The quantitative estimate of drug-likeness (QED) is 0.729. The lowest BCUT2D eigenvalue weighted by Gasteiger charge is -2.32. The van der Waals surface area contributed by atoms with Crippen molar-refractivity contribution >= 4 is 27.5 Å². The van der Waals surface area contributed by atoms with Gasteiger partial charge in [-0.15, -0.1) is 11.8 Å². The number of hydrogen-bond donors (Lipinski definition) is 0. The number of thioether (sulfide) groups is 1. The second-order valence-electron chi connectivity index (χ2n) is 5.91. The van der Waals surface area contributed by atoms with Crippen molar-refractivity contribution in [1.29, 1.82) is 0 Å². The summed E-state index contributed by atoms with van der Waals surface area (Å²) in [5.41, 5.74) is 0. The maximum atomic E-state index is 12.4. The molecule has 1 atom stereocenters. The number of amides is 1. The van der Waals surface area contributed by atoms with Crippen molar-refractivity contribution in [2.24, 2.45) is 5.92 Å². The Hall–Kier alpha value is -1.21. The summed E-state index contributed by atoms with van der Waals surface area (Å²) < 4.78 is 28.0. The first kappa shape index (κ1) is 18.1. The van der Waals surface area contributed by atoms with Gasteiger partial charge in [-0.1, -0.05) is 6.07 Å². The monoisotopic (exact) mass is 357 g/mol. The first-order valence-corrected chi connectivity index (χ1v) is 10.6. The second-order valence-corrected chi connectivity index (χ2v) is 9.14. The number of piperidine rings is 1. The van der Waals surface area contributed by atoms with Gasteiger partial charge in [0.05, 0.1) is 18.6 Å². The molecule has 1 aromatic carbocycles. The Morgan fingerprint density at radius 2 is 2.22 bits per heavy atom. The van der Waals surface area contributed by atoms with Gasteiger partial charge in [-0.2, -0.15) is 0 Å². The van der Waals surface area contributed by atoms with E-state index in [1.807, 2.05) is 24.3 Å². The molecule has 1 amide bonds. The molecular weight excluding hydrogens is 334 g/mol. The van der Waals surface area contributed by atoms with E-state index in [0.29, 0.717) is 12.3 Å². The third-order valence-electron chi connectivity index (χ3n) is 3.81. The number of ether oxygens (including phenoxy) is 1. The molecule has 1 aromatic rings. The summed E-state index contributed by atoms with van der Waals surface area (Å²) in [5, 5.41) is 0. The number of carbonyl (C=O) groups is 1. The highest BCUT2D eigenvalue weighted by molar-refractivity contribution is 8.00. The van der Waals surface area contributed by atoms with Gasteiger partial charge in [0.15, 0.2) is 0 Å². The van der Waals surface area contributed by atoms with Gasteiger partial charge in [0.25, 0.3) is 0 Å². The summed E-state index contributed by atoms with van der Waals surface area (Å²) in [6.07, 6.45) is 3.00. The number of likely N-dealkylation sites (tertiary alicyclic amines) is 1. The average Bonchev–Trinajstić information content (AvgIpc) is 2.51. The molecular formula is C16H23NO4S2. The summed E-state index contributed by atoms with van der Waals surface area (Å²) in [7, 11) is -1.38. The molecule has 5 nitrogen and oxygen atoms in total. The van der Waals surface area contributed by atoms with Gasteiger partial charge >= 0.3 is 0 Å². The molecule has 23 heavy (non-hydrogen) atoms. The third kappa shape index (κ3) is 6.06. The maximum absolute atomic E-state index is 12.4. The first-order valence-electron chi connectivity index (χ1n) is 7.60. The highest BCUT2D eigenvalue weighted by Crippen LogP contribution is 2.24. The average molecular weight is 357 g/mol. The van der Waals surface area contributed by atoms with E-state index in [9.17, 15) is 13.2 Å². The van der Waals surface area contributed by atoms with E-state index < -0.39 is 9.84 Å². The smallest absolute Gasteiger partial charge is 0.232 e. The van der Waals surface area contributed by atoms with Crippen LogP contribution in [-0.4, -0.2) is 57.2 Å². The fourth-order valence-electron chi connectivity index (χ4n) is 2.78. The van der Waals surface area contributed by atoms with Crippen molar-refractivity contribution in [1.82, 2.24) is 4.90 Å². The van der Waals surface area contributed by atoms with E-state index >= 15 is 0 Å². The van der Waals surface area contributed by atoms with Crippen LogP contribution in [0, 0.1) is 5.92 Å². The zero-order valence-electron chi connectivity index (χ0n) is 13.5. The number of rotatable bonds is 6. The minimum atomic E-state index is -2.99. The largest absolute Gasteiger partial charge is 0.497 e. The SMILES string of the molecule is COc1cccc(SCC(=O)N2CCCC(CS(C)(=O)=O)C2)c1. The van der Waals surface area contributed by atoms with Crippen molar-refractivity contribution in [2.45, 2.75) is 17.7 Å². The summed E-state index contributed by atoms with van der Waals surface area (Å²) in [5.74, 6) is 1.42. The Morgan fingerprint density at radius 1 is 1.43 bits per heavy atom. The van der Waals surface area contributed by atoms with Crippen LogP contribution in [0.3, 0.4) is 0 Å². The minimum absolute atomic E-state index is 0.0597. The van der Waals surface area contributed by atoms with Crippen LogP contribution in [0.5, 0.6) is 5.75 Å². The molecule has 0 bridgehead atoms. The van der Waals surface area contributed by atoms with Crippen LogP contribution < -0.4 is 4.74 Å². The molecule has 0 aliphatic carbocycles. The highest BCUT2D eigenvalue weighted by atomic mass is 32.2. The second kappa shape index (κ2) is 8.06. The Balaban J connectivity index is 1.87. The molecule has 1 heterocycles. The van der Waals surface area contributed by atoms with Crippen LogP contribution in [0.2, 0.25) is 0 Å². The van der Waals surface area contributed by atoms with Crippen molar-refractivity contribution in [3.63, 3.8) is 0 Å². The van der Waals surface area contributed by atoms with Crippen molar-refractivity contribution in [3.8, 4) is 5.75 Å². The van der Waals surface area contributed by atoms with Crippen LogP contribution in [0.4, 0.5) is 0 Å². The maximum Gasteiger partial charge on any atom is 0.232 e. The lowest BCUT2D eigenvalue weighted by molar-refractivity contribution is -0.129. The Kier molecular flexibility index (Phi) is 6.35. The van der Waals surface area contributed by atoms with Crippen LogP contribution >= 0.6 is 11.8 Å². The lowest BCUT2D eigenvalue weighted by Crippen LogP contribution is -2.42. The highest BCUT2D eigenvalue weighted by Gasteiger charge is 2.25. The van der Waals surface area contributed by atoms with Crippen molar-refractivity contribution in [3.05, 3.63) is 24.3 Å². The molecule has 1 unspecified atom stereocenters. The van der Waals surface area contributed by atoms with Gasteiger partial charge < -0.3 is 9.64 Å². The standard InChI is InChI=1S/C16H23NO4S2/c1-21-14-6-3-7-15(9-14)22-11-16(18)17-8-4-5-13(10-17)12-23(2,19)20/h3,6-7,9,13H,4-5,8,10-12H2,1-2H3. The summed E-state index contributed by atoms with van der Waals surface area (Å²) in [6, 6.07) is 7.62. The van der Waals surface area contributed by atoms with Gasteiger partial charge in [-0.05, 0) is 37.0 Å². The number of nitrogens with zero attached hydrogens (tertiary/aromatic N) is 1. The fraction of sp³-hybridized carbons (Fsp3) is 0.562. The normalized spacial score (nSPS) is 18.7. The van der Waals surface area contributed by atoms with E-state index in [0.717, 1.165) is 30.0 Å². The Bertz CT molecular complexity index is 645. The van der Waals surface area contributed by atoms with Crippen LogP contribution in [0.15, 0.2) is 29.2 Å². The molecule has 128 valence electrons. The van der Waals surface area contributed by atoms with Gasteiger partial charge in [0.2, 0.25) is 5.91 Å². The number of benzene rings is 1. The summed E-state index contributed by atoms with van der Waals surface area (Å²) in [6.45, 7) is 1.27. The molecule has 1 fully saturated rings. The molecule has 0 radical (unpaired) electrons.